The van der Waals surface area contributed by atoms with E-state index < -0.39 is 0 Å². The third-order valence-electron chi connectivity index (χ3n) is 2.25. The zero-order chi connectivity index (χ0) is 11.2. The lowest BCUT2D eigenvalue weighted by atomic mass is 10.1. The third-order valence-corrected chi connectivity index (χ3v) is 2.80. The molecular formula is C12H14N2OS. The molecule has 0 fully saturated rings. The summed E-state index contributed by atoms with van der Waals surface area (Å²) in [5, 5.41) is 3.91. The lowest BCUT2D eigenvalue weighted by molar-refractivity contribution is 0.374. The zero-order valence-electron chi connectivity index (χ0n) is 9.22. The van der Waals surface area contributed by atoms with Gasteiger partial charge in [0.25, 0.3) is 0 Å². The number of rotatable bonds is 5. The van der Waals surface area contributed by atoms with Gasteiger partial charge in [-0.25, -0.2) is 0 Å². The third kappa shape index (κ3) is 3.10. The fraction of sp³-hybridized carbons (Fsp3) is 0.333. The van der Waals surface area contributed by atoms with Gasteiger partial charge in [0.1, 0.15) is 0 Å². The van der Waals surface area contributed by atoms with E-state index in [-0.39, 0.29) is 0 Å². The van der Waals surface area contributed by atoms with Crippen molar-refractivity contribution in [2.24, 2.45) is 0 Å². The standard InChI is InChI=1S/C12H14N2OS/c1-16-9-11-13-12(15-14-11)8-7-10-5-3-2-4-6-10/h2-6H,7-9H2,1H3. The Hall–Kier alpha value is -1.29. The summed E-state index contributed by atoms with van der Waals surface area (Å²) in [6.45, 7) is 0. The molecule has 0 atom stereocenters. The summed E-state index contributed by atoms with van der Waals surface area (Å²) in [4.78, 5) is 4.32. The highest BCUT2D eigenvalue weighted by Gasteiger charge is 2.05. The predicted octanol–water partition coefficient (Wildman–Crippen LogP) is 2.72. The molecule has 0 spiro atoms. The molecule has 16 heavy (non-hydrogen) atoms. The molecule has 0 aliphatic carbocycles. The molecule has 0 aliphatic heterocycles. The molecule has 2 rings (SSSR count). The van der Waals surface area contributed by atoms with Crippen molar-refractivity contribution < 1.29 is 4.52 Å². The van der Waals surface area contributed by atoms with E-state index in [9.17, 15) is 0 Å². The van der Waals surface area contributed by atoms with E-state index in [2.05, 4.69) is 22.3 Å². The Labute approximate surface area is 99.3 Å². The molecule has 0 amide bonds. The maximum absolute atomic E-state index is 5.16. The van der Waals surface area contributed by atoms with E-state index in [1.54, 1.807) is 11.8 Å². The Kier molecular flexibility index (Phi) is 3.99. The molecule has 0 bridgehead atoms. The second-order valence-corrected chi connectivity index (χ2v) is 4.39. The van der Waals surface area contributed by atoms with Gasteiger partial charge in [0.2, 0.25) is 5.89 Å². The summed E-state index contributed by atoms with van der Waals surface area (Å²) in [7, 11) is 0. The normalized spacial score (nSPS) is 10.6. The minimum atomic E-state index is 0.730. The Balaban J connectivity index is 1.89. The first-order chi connectivity index (χ1) is 7.88. The molecule has 0 saturated heterocycles. The Morgan fingerprint density at radius 3 is 2.75 bits per heavy atom. The van der Waals surface area contributed by atoms with E-state index in [1.165, 1.54) is 5.56 Å². The van der Waals surface area contributed by atoms with Gasteiger partial charge in [-0.1, -0.05) is 35.5 Å². The van der Waals surface area contributed by atoms with Gasteiger partial charge in [0, 0.05) is 6.42 Å². The van der Waals surface area contributed by atoms with E-state index in [1.807, 2.05) is 24.5 Å². The van der Waals surface area contributed by atoms with Gasteiger partial charge in [-0.05, 0) is 18.2 Å². The largest absolute Gasteiger partial charge is 0.339 e. The van der Waals surface area contributed by atoms with Gasteiger partial charge in [0.15, 0.2) is 5.82 Å². The van der Waals surface area contributed by atoms with Gasteiger partial charge in [-0.15, -0.1) is 0 Å². The highest BCUT2D eigenvalue weighted by atomic mass is 32.2. The lowest BCUT2D eigenvalue weighted by Crippen LogP contribution is -1.91. The van der Waals surface area contributed by atoms with Crippen molar-refractivity contribution in [3.63, 3.8) is 0 Å². The van der Waals surface area contributed by atoms with Crippen LogP contribution in [0.25, 0.3) is 0 Å². The molecule has 0 N–H and O–H groups in total. The number of aromatic nitrogens is 2. The van der Waals surface area contributed by atoms with E-state index in [0.717, 1.165) is 30.3 Å². The number of benzene rings is 1. The summed E-state index contributed by atoms with van der Waals surface area (Å²) < 4.78 is 5.16. The molecule has 1 heterocycles. The number of nitrogens with zero attached hydrogens (tertiary/aromatic N) is 2. The van der Waals surface area contributed by atoms with Crippen LogP contribution in [0.5, 0.6) is 0 Å². The van der Waals surface area contributed by atoms with E-state index >= 15 is 0 Å². The molecule has 2 aromatic rings. The van der Waals surface area contributed by atoms with Crippen LogP contribution in [-0.2, 0) is 18.6 Å². The molecule has 0 unspecified atom stereocenters. The fourth-order valence-electron chi connectivity index (χ4n) is 1.48. The summed E-state index contributed by atoms with van der Waals surface area (Å²) in [6.07, 6.45) is 3.78. The number of thioether (sulfide) groups is 1. The smallest absolute Gasteiger partial charge is 0.227 e. The van der Waals surface area contributed by atoms with Crippen molar-refractivity contribution in [3.8, 4) is 0 Å². The van der Waals surface area contributed by atoms with Crippen molar-refractivity contribution >= 4 is 11.8 Å². The van der Waals surface area contributed by atoms with E-state index in [4.69, 9.17) is 4.52 Å². The van der Waals surface area contributed by atoms with Crippen molar-refractivity contribution in [2.75, 3.05) is 6.26 Å². The van der Waals surface area contributed by atoms with Gasteiger partial charge >= 0.3 is 0 Å². The second kappa shape index (κ2) is 5.70. The molecule has 1 aromatic heterocycles. The van der Waals surface area contributed by atoms with Crippen LogP contribution >= 0.6 is 11.8 Å². The highest BCUT2D eigenvalue weighted by molar-refractivity contribution is 7.97. The number of hydrogen-bond acceptors (Lipinski definition) is 4. The summed E-state index contributed by atoms with van der Waals surface area (Å²) >= 11 is 1.70. The Morgan fingerprint density at radius 1 is 1.19 bits per heavy atom. The number of hydrogen-bond donors (Lipinski definition) is 0. The topological polar surface area (TPSA) is 38.9 Å². The lowest BCUT2D eigenvalue weighted by Gasteiger charge is -1.96. The molecular weight excluding hydrogens is 220 g/mol. The van der Waals surface area contributed by atoms with Crippen LogP contribution in [0.3, 0.4) is 0 Å². The molecule has 0 saturated carbocycles. The van der Waals surface area contributed by atoms with Crippen molar-refractivity contribution in [1.82, 2.24) is 10.1 Å². The quantitative estimate of drug-likeness (QED) is 0.797. The monoisotopic (exact) mass is 234 g/mol. The molecule has 1 aromatic carbocycles. The molecule has 84 valence electrons. The van der Waals surface area contributed by atoms with Crippen LogP contribution in [0.1, 0.15) is 17.3 Å². The van der Waals surface area contributed by atoms with E-state index in [0.29, 0.717) is 0 Å². The average Bonchev–Trinajstić information content (AvgIpc) is 2.76. The maximum atomic E-state index is 5.16. The van der Waals surface area contributed by atoms with Crippen molar-refractivity contribution in [3.05, 3.63) is 47.6 Å². The summed E-state index contributed by atoms with van der Waals surface area (Å²) in [6, 6.07) is 10.3. The van der Waals surface area contributed by atoms with Crippen LogP contribution in [-0.4, -0.2) is 16.4 Å². The van der Waals surface area contributed by atoms with Gasteiger partial charge < -0.3 is 4.52 Å². The van der Waals surface area contributed by atoms with Crippen LogP contribution < -0.4 is 0 Å². The SMILES string of the molecule is CSCc1noc(CCc2ccccc2)n1. The minimum Gasteiger partial charge on any atom is -0.339 e. The number of aryl methyl sites for hydroxylation is 2. The first-order valence-corrected chi connectivity index (χ1v) is 6.62. The Bertz CT molecular complexity index is 428. The highest BCUT2D eigenvalue weighted by Crippen LogP contribution is 2.08. The first kappa shape index (κ1) is 11.2. The summed E-state index contributed by atoms with van der Waals surface area (Å²) in [5.41, 5.74) is 1.30. The Morgan fingerprint density at radius 2 is 2.00 bits per heavy atom. The fourth-order valence-corrected chi connectivity index (χ4v) is 1.85. The van der Waals surface area contributed by atoms with Gasteiger partial charge in [-0.3, -0.25) is 0 Å². The van der Waals surface area contributed by atoms with Crippen molar-refractivity contribution in [2.45, 2.75) is 18.6 Å². The minimum absolute atomic E-state index is 0.730. The zero-order valence-corrected chi connectivity index (χ0v) is 10.0. The van der Waals surface area contributed by atoms with Crippen LogP contribution in [0.2, 0.25) is 0 Å². The van der Waals surface area contributed by atoms with Gasteiger partial charge in [-0.2, -0.15) is 16.7 Å². The van der Waals surface area contributed by atoms with Crippen LogP contribution in [0.15, 0.2) is 34.9 Å². The average molecular weight is 234 g/mol. The maximum Gasteiger partial charge on any atom is 0.227 e. The van der Waals surface area contributed by atoms with Crippen molar-refractivity contribution in [1.29, 1.82) is 0 Å². The molecule has 4 heteroatoms. The van der Waals surface area contributed by atoms with Gasteiger partial charge in [0.05, 0.1) is 5.75 Å². The summed E-state index contributed by atoms with van der Waals surface area (Å²) in [5.74, 6) is 2.33. The molecule has 3 nitrogen and oxygen atoms in total. The molecule has 0 aliphatic rings. The second-order valence-electron chi connectivity index (χ2n) is 3.52. The molecule has 0 radical (unpaired) electrons. The first-order valence-electron chi connectivity index (χ1n) is 5.23. The predicted molar refractivity (Wildman–Crippen MR) is 65.4 cm³/mol. The van der Waals surface area contributed by atoms with Crippen LogP contribution in [0.4, 0.5) is 0 Å². The van der Waals surface area contributed by atoms with Crippen LogP contribution in [0, 0.1) is 0 Å².